The molecule has 4 nitrogen and oxygen atoms in total. The SMILES string of the molecule is Cc1c(C(=O)N2CCO[C@H](c3ccc(F)cc3)C2)ccn1C. The Morgan fingerprint density at radius 2 is 2.00 bits per heavy atom. The molecular formula is C17H19FN2O2. The molecule has 0 N–H and O–H groups in total. The Morgan fingerprint density at radius 3 is 2.64 bits per heavy atom. The van der Waals surface area contributed by atoms with Crippen LogP contribution in [0.25, 0.3) is 0 Å². The van der Waals surface area contributed by atoms with Crippen molar-refractivity contribution in [2.45, 2.75) is 13.0 Å². The second-order valence-corrected chi connectivity index (χ2v) is 5.59. The van der Waals surface area contributed by atoms with Gasteiger partial charge in [-0.05, 0) is 30.7 Å². The first-order chi connectivity index (χ1) is 10.6. The number of morpholine rings is 1. The summed E-state index contributed by atoms with van der Waals surface area (Å²) in [6.45, 7) is 3.48. The summed E-state index contributed by atoms with van der Waals surface area (Å²) in [6.07, 6.45) is 1.68. The number of carbonyl (C=O) groups is 1. The van der Waals surface area contributed by atoms with E-state index < -0.39 is 0 Å². The van der Waals surface area contributed by atoms with Crippen LogP contribution in [-0.2, 0) is 11.8 Å². The van der Waals surface area contributed by atoms with Gasteiger partial charge in [-0.25, -0.2) is 4.39 Å². The van der Waals surface area contributed by atoms with Crippen LogP contribution in [0.4, 0.5) is 4.39 Å². The van der Waals surface area contributed by atoms with Crippen LogP contribution in [0.1, 0.15) is 27.7 Å². The summed E-state index contributed by atoms with van der Waals surface area (Å²) in [4.78, 5) is 14.5. The van der Waals surface area contributed by atoms with Crippen LogP contribution < -0.4 is 0 Å². The van der Waals surface area contributed by atoms with Crippen molar-refractivity contribution in [1.82, 2.24) is 9.47 Å². The predicted molar refractivity (Wildman–Crippen MR) is 81.1 cm³/mol. The molecule has 1 aromatic heterocycles. The molecule has 1 saturated heterocycles. The van der Waals surface area contributed by atoms with Crippen molar-refractivity contribution in [1.29, 1.82) is 0 Å². The fraction of sp³-hybridized carbons (Fsp3) is 0.353. The van der Waals surface area contributed by atoms with E-state index in [-0.39, 0.29) is 17.8 Å². The summed E-state index contributed by atoms with van der Waals surface area (Å²) in [7, 11) is 1.92. The molecule has 1 fully saturated rings. The molecule has 0 aliphatic carbocycles. The number of nitrogens with zero attached hydrogens (tertiary/aromatic N) is 2. The van der Waals surface area contributed by atoms with Crippen molar-refractivity contribution >= 4 is 5.91 Å². The molecular weight excluding hydrogens is 283 g/mol. The molecule has 0 bridgehead atoms. The minimum atomic E-state index is -0.271. The molecule has 3 rings (SSSR count). The Hall–Kier alpha value is -2.14. The van der Waals surface area contributed by atoms with Gasteiger partial charge in [-0.15, -0.1) is 0 Å². The quantitative estimate of drug-likeness (QED) is 0.855. The number of hydrogen-bond acceptors (Lipinski definition) is 2. The molecule has 1 atom stereocenters. The number of hydrogen-bond donors (Lipinski definition) is 0. The Morgan fingerprint density at radius 1 is 1.27 bits per heavy atom. The highest BCUT2D eigenvalue weighted by Gasteiger charge is 2.27. The van der Waals surface area contributed by atoms with Gasteiger partial charge in [-0.2, -0.15) is 0 Å². The molecule has 116 valence electrons. The molecule has 0 unspecified atom stereocenters. The highest BCUT2D eigenvalue weighted by Crippen LogP contribution is 2.24. The van der Waals surface area contributed by atoms with E-state index in [0.29, 0.717) is 19.7 Å². The zero-order valence-corrected chi connectivity index (χ0v) is 12.8. The van der Waals surface area contributed by atoms with Crippen molar-refractivity contribution in [3.05, 3.63) is 59.2 Å². The highest BCUT2D eigenvalue weighted by molar-refractivity contribution is 5.95. The van der Waals surface area contributed by atoms with Crippen LogP contribution in [0.2, 0.25) is 0 Å². The van der Waals surface area contributed by atoms with E-state index in [2.05, 4.69) is 0 Å². The molecule has 0 spiro atoms. The Kier molecular flexibility index (Phi) is 3.98. The van der Waals surface area contributed by atoms with Crippen molar-refractivity contribution in [3.63, 3.8) is 0 Å². The van der Waals surface area contributed by atoms with Crippen molar-refractivity contribution < 1.29 is 13.9 Å². The van der Waals surface area contributed by atoms with Crippen molar-refractivity contribution in [3.8, 4) is 0 Å². The fourth-order valence-electron chi connectivity index (χ4n) is 2.72. The average Bonchev–Trinajstić information content (AvgIpc) is 2.87. The van der Waals surface area contributed by atoms with Crippen molar-refractivity contribution in [2.75, 3.05) is 19.7 Å². The summed E-state index contributed by atoms with van der Waals surface area (Å²) in [6, 6.07) is 8.10. The van der Waals surface area contributed by atoms with Gasteiger partial charge in [0.2, 0.25) is 0 Å². The Labute approximate surface area is 129 Å². The minimum absolute atomic E-state index is 0.0218. The zero-order chi connectivity index (χ0) is 15.7. The maximum atomic E-state index is 13.0. The number of amides is 1. The molecule has 2 aromatic rings. The first kappa shape index (κ1) is 14.8. The number of ether oxygens (including phenoxy) is 1. The van der Waals surface area contributed by atoms with E-state index in [1.807, 2.05) is 30.8 Å². The lowest BCUT2D eigenvalue weighted by atomic mass is 10.1. The normalized spacial score (nSPS) is 18.5. The van der Waals surface area contributed by atoms with Crippen LogP contribution in [0, 0.1) is 12.7 Å². The zero-order valence-electron chi connectivity index (χ0n) is 12.8. The Bertz CT molecular complexity index is 678. The molecule has 5 heteroatoms. The third-order valence-corrected chi connectivity index (χ3v) is 4.21. The maximum Gasteiger partial charge on any atom is 0.255 e. The molecule has 1 aliphatic heterocycles. The highest BCUT2D eigenvalue weighted by atomic mass is 19.1. The predicted octanol–water partition coefficient (Wildman–Crippen LogP) is 2.69. The summed E-state index contributed by atoms with van der Waals surface area (Å²) < 4.78 is 20.7. The number of benzene rings is 1. The maximum absolute atomic E-state index is 13.0. The van der Waals surface area contributed by atoms with E-state index in [1.165, 1.54) is 12.1 Å². The molecule has 0 radical (unpaired) electrons. The van der Waals surface area contributed by atoms with E-state index in [4.69, 9.17) is 4.74 Å². The summed E-state index contributed by atoms with van der Waals surface area (Å²) >= 11 is 0. The van der Waals surface area contributed by atoms with Crippen LogP contribution in [0.15, 0.2) is 36.5 Å². The van der Waals surface area contributed by atoms with Gasteiger partial charge in [0.1, 0.15) is 11.9 Å². The summed E-state index contributed by atoms with van der Waals surface area (Å²) in [5.41, 5.74) is 2.57. The molecule has 0 saturated carbocycles. The lowest BCUT2D eigenvalue weighted by molar-refractivity contribution is -0.0228. The first-order valence-electron chi connectivity index (χ1n) is 7.34. The smallest absolute Gasteiger partial charge is 0.255 e. The first-order valence-corrected chi connectivity index (χ1v) is 7.34. The van der Waals surface area contributed by atoms with Gasteiger partial charge < -0.3 is 14.2 Å². The second kappa shape index (κ2) is 5.93. The van der Waals surface area contributed by atoms with Gasteiger partial charge in [-0.3, -0.25) is 4.79 Å². The monoisotopic (exact) mass is 302 g/mol. The largest absolute Gasteiger partial charge is 0.370 e. The molecule has 1 aromatic carbocycles. The average molecular weight is 302 g/mol. The van der Waals surface area contributed by atoms with Gasteiger partial charge in [0.25, 0.3) is 5.91 Å². The van der Waals surface area contributed by atoms with Crippen LogP contribution in [0.3, 0.4) is 0 Å². The molecule has 1 amide bonds. The van der Waals surface area contributed by atoms with E-state index in [1.54, 1.807) is 17.0 Å². The Balaban J connectivity index is 1.76. The van der Waals surface area contributed by atoms with Gasteiger partial charge >= 0.3 is 0 Å². The number of rotatable bonds is 2. The van der Waals surface area contributed by atoms with E-state index in [9.17, 15) is 9.18 Å². The number of halogens is 1. The molecule has 2 heterocycles. The van der Waals surface area contributed by atoms with E-state index >= 15 is 0 Å². The number of aryl methyl sites for hydroxylation is 1. The second-order valence-electron chi connectivity index (χ2n) is 5.59. The lowest BCUT2D eigenvalue weighted by Gasteiger charge is -2.33. The minimum Gasteiger partial charge on any atom is -0.370 e. The van der Waals surface area contributed by atoms with Gasteiger partial charge in [0.05, 0.1) is 18.7 Å². The number of carbonyl (C=O) groups excluding carboxylic acids is 1. The third-order valence-electron chi connectivity index (χ3n) is 4.21. The third kappa shape index (κ3) is 2.76. The molecule has 1 aliphatic rings. The topological polar surface area (TPSA) is 34.5 Å². The van der Waals surface area contributed by atoms with Gasteiger partial charge in [-0.1, -0.05) is 12.1 Å². The van der Waals surface area contributed by atoms with Gasteiger partial charge in [0, 0.05) is 25.5 Å². The van der Waals surface area contributed by atoms with Crippen LogP contribution in [-0.4, -0.2) is 35.1 Å². The summed E-state index contributed by atoms with van der Waals surface area (Å²) in [5.74, 6) is -0.249. The fourth-order valence-corrected chi connectivity index (χ4v) is 2.72. The van der Waals surface area contributed by atoms with Crippen LogP contribution >= 0.6 is 0 Å². The van der Waals surface area contributed by atoms with E-state index in [0.717, 1.165) is 16.8 Å². The van der Waals surface area contributed by atoms with Crippen LogP contribution in [0.5, 0.6) is 0 Å². The lowest BCUT2D eigenvalue weighted by Crippen LogP contribution is -2.42. The van der Waals surface area contributed by atoms with Crippen molar-refractivity contribution in [2.24, 2.45) is 7.05 Å². The van der Waals surface area contributed by atoms with Gasteiger partial charge in [0.15, 0.2) is 0 Å². The molecule has 22 heavy (non-hydrogen) atoms. The number of aromatic nitrogens is 1. The summed E-state index contributed by atoms with van der Waals surface area (Å²) in [5, 5.41) is 0. The standard InChI is InChI=1S/C17H19FN2O2/c1-12-15(7-8-19(12)2)17(21)20-9-10-22-16(11-20)13-3-5-14(18)6-4-13/h3-8,16H,9-11H2,1-2H3/t16-/m0/s1.